The van der Waals surface area contributed by atoms with Crippen LogP contribution >= 0.6 is 0 Å². The van der Waals surface area contributed by atoms with Crippen molar-refractivity contribution in [2.75, 3.05) is 0 Å². The van der Waals surface area contributed by atoms with Gasteiger partial charge in [-0.1, -0.05) is 31.7 Å². The van der Waals surface area contributed by atoms with Crippen LogP contribution in [-0.4, -0.2) is 0 Å². The number of hydrogen-bond donors (Lipinski definition) is 0. The first-order chi connectivity index (χ1) is 4.76. The maximum atomic E-state index is 3.65. The Kier molecular flexibility index (Phi) is 4.65. The highest BCUT2D eigenvalue weighted by Gasteiger charge is 1.91. The van der Waals surface area contributed by atoms with Gasteiger partial charge in [0.25, 0.3) is 0 Å². The van der Waals surface area contributed by atoms with Crippen LogP contribution in [0.4, 0.5) is 0 Å². The van der Waals surface area contributed by atoms with Gasteiger partial charge in [0.1, 0.15) is 0 Å². The fraction of sp³-hybridized carbons (Fsp3) is 0.400. The summed E-state index contributed by atoms with van der Waals surface area (Å²) in [6.07, 6.45) is 7.12. The molecule has 0 atom stereocenters. The maximum absolute atomic E-state index is 3.65. The summed E-state index contributed by atoms with van der Waals surface area (Å²) in [5.74, 6) is 0. The SMILES string of the molecule is C=C/C=C(C)\C(=C/C)CC. The van der Waals surface area contributed by atoms with Gasteiger partial charge in [0.05, 0.1) is 0 Å². The number of allylic oxidation sites excluding steroid dienone is 5. The highest BCUT2D eigenvalue weighted by molar-refractivity contribution is 5.30. The third kappa shape index (κ3) is 2.67. The lowest BCUT2D eigenvalue weighted by Gasteiger charge is -2.01. The van der Waals surface area contributed by atoms with E-state index in [0.717, 1.165) is 6.42 Å². The quantitative estimate of drug-likeness (QED) is 0.521. The molecule has 0 rings (SSSR count). The molecule has 0 aliphatic rings. The van der Waals surface area contributed by atoms with Crippen LogP contribution < -0.4 is 0 Å². The summed E-state index contributed by atoms with van der Waals surface area (Å²) < 4.78 is 0. The lowest BCUT2D eigenvalue weighted by Crippen LogP contribution is -1.81. The molecule has 0 nitrogen and oxygen atoms in total. The van der Waals surface area contributed by atoms with Gasteiger partial charge in [-0.25, -0.2) is 0 Å². The van der Waals surface area contributed by atoms with Crippen LogP contribution in [0.1, 0.15) is 27.2 Å². The predicted octanol–water partition coefficient (Wildman–Crippen LogP) is 3.48. The van der Waals surface area contributed by atoms with Gasteiger partial charge in [0, 0.05) is 0 Å². The van der Waals surface area contributed by atoms with E-state index < -0.39 is 0 Å². The van der Waals surface area contributed by atoms with Crippen LogP contribution in [0.15, 0.2) is 36.0 Å². The van der Waals surface area contributed by atoms with Crippen molar-refractivity contribution < 1.29 is 0 Å². The highest BCUT2D eigenvalue weighted by atomic mass is 14.0. The van der Waals surface area contributed by atoms with Crippen LogP contribution in [0, 0.1) is 0 Å². The van der Waals surface area contributed by atoms with Crippen LogP contribution in [0.2, 0.25) is 0 Å². The van der Waals surface area contributed by atoms with E-state index in [1.165, 1.54) is 11.1 Å². The summed E-state index contributed by atoms with van der Waals surface area (Å²) in [7, 11) is 0. The van der Waals surface area contributed by atoms with Crippen molar-refractivity contribution in [3.05, 3.63) is 36.0 Å². The van der Waals surface area contributed by atoms with E-state index in [1.54, 1.807) is 0 Å². The fourth-order valence-electron chi connectivity index (χ4n) is 0.994. The molecule has 56 valence electrons. The van der Waals surface area contributed by atoms with Crippen molar-refractivity contribution in [2.24, 2.45) is 0 Å². The molecule has 0 aliphatic heterocycles. The van der Waals surface area contributed by atoms with Crippen LogP contribution in [0.25, 0.3) is 0 Å². The summed E-state index contributed by atoms with van der Waals surface area (Å²) >= 11 is 0. The highest BCUT2D eigenvalue weighted by Crippen LogP contribution is 2.12. The Balaban J connectivity index is 4.30. The molecule has 0 aromatic heterocycles. The molecular weight excluding hydrogens is 120 g/mol. The second-order valence-electron chi connectivity index (χ2n) is 2.25. The van der Waals surface area contributed by atoms with Crippen LogP contribution in [0.5, 0.6) is 0 Å². The minimum atomic E-state index is 1.10. The van der Waals surface area contributed by atoms with Gasteiger partial charge in [-0.15, -0.1) is 0 Å². The van der Waals surface area contributed by atoms with E-state index in [0.29, 0.717) is 0 Å². The topological polar surface area (TPSA) is 0 Å². The van der Waals surface area contributed by atoms with Crippen molar-refractivity contribution in [1.29, 1.82) is 0 Å². The molecule has 0 heterocycles. The van der Waals surface area contributed by atoms with Crippen LogP contribution in [-0.2, 0) is 0 Å². The lowest BCUT2D eigenvalue weighted by molar-refractivity contribution is 1.10. The van der Waals surface area contributed by atoms with E-state index in [-0.39, 0.29) is 0 Å². The minimum absolute atomic E-state index is 1.10. The van der Waals surface area contributed by atoms with Crippen molar-refractivity contribution in [3.63, 3.8) is 0 Å². The van der Waals surface area contributed by atoms with Crippen molar-refractivity contribution in [3.8, 4) is 0 Å². The van der Waals surface area contributed by atoms with Gasteiger partial charge in [-0.05, 0) is 31.4 Å². The van der Waals surface area contributed by atoms with Gasteiger partial charge in [0.15, 0.2) is 0 Å². The maximum Gasteiger partial charge on any atom is -0.0308 e. The van der Waals surface area contributed by atoms with Gasteiger partial charge in [-0.2, -0.15) is 0 Å². The third-order valence-electron chi connectivity index (χ3n) is 1.60. The third-order valence-corrected chi connectivity index (χ3v) is 1.60. The summed E-state index contributed by atoms with van der Waals surface area (Å²) in [5, 5.41) is 0. The monoisotopic (exact) mass is 136 g/mol. The molecule has 0 unspecified atom stereocenters. The zero-order valence-electron chi connectivity index (χ0n) is 7.15. The minimum Gasteiger partial charge on any atom is -0.0991 e. The Bertz CT molecular complexity index is 159. The first kappa shape index (κ1) is 9.22. The molecular formula is C10H16. The summed E-state index contributed by atoms with van der Waals surface area (Å²) in [6, 6.07) is 0. The van der Waals surface area contributed by atoms with E-state index >= 15 is 0 Å². The molecule has 0 N–H and O–H groups in total. The summed E-state index contributed by atoms with van der Waals surface area (Å²) in [4.78, 5) is 0. The second-order valence-corrected chi connectivity index (χ2v) is 2.25. The lowest BCUT2D eigenvalue weighted by atomic mass is 10.1. The molecule has 0 bridgehead atoms. The van der Waals surface area contributed by atoms with Crippen molar-refractivity contribution in [1.82, 2.24) is 0 Å². The molecule has 0 amide bonds. The molecule has 0 spiro atoms. The second kappa shape index (κ2) is 5.04. The van der Waals surface area contributed by atoms with Crippen molar-refractivity contribution in [2.45, 2.75) is 27.2 Å². The summed E-state index contributed by atoms with van der Waals surface area (Å²) in [6.45, 7) is 9.99. The Morgan fingerprint density at radius 1 is 1.50 bits per heavy atom. The summed E-state index contributed by atoms with van der Waals surface area (Å²) in [5.41, 5.74) is 2.72. The molecule has 10 heavy (non-hydrogen) atoms. The zero-order chi connectivity index (χ0) is 7.98. The molecule has 0 aliphatic carbocycles. The number of hydrogen-bond acceptors (Lipinski definition) is 0. The fourth-order valence-corrected chi connectivity index (χ4v) is 0.994. The normalized spacial score (nSPS) is 13.5. The van der Waals surface area contributed by atoms with Gasteiger partial charge in [0.2, 0.25) is 0 Å². The largest absolute Gasteiger partial charge is 0.0991 e. The zero-order valence-corrected chi connectivity index (χ0v) is 7.15. The molecule has 0 fully saturated rings. The molecule has 0 heteroatoms. The molecule has 0 saturated carbocycles. The Morgan fingerprint density at radius 2 is 2.10 bits per heavy atom. The first-order valence-corrected chi connectivity index (χ1v) is 3.71. The number of rotatable bonds is 3. The molecule has 0 radical (unpaired) electrons. The van der Waals surface area contributed by atoms with E-state index in [9.17, 15) is 0 Å². The van der Waals surface area contributed by atoms with E-state index in [2.05, 4.69) is 33.4 Å². The molecule has 0 aromatic carbocycles. The molecule has 0 aromatic rings. The van der Waals surface area contributed by atoms with Gasteiger partial charge < -0.3 is 0 Å². The Labute approximate surface area is 64.0 Å². The Hall–Kier alpha value is -0.780. The van der Waals surface area contributed by atoms with Crippen molar-refractivity contribution >= 4 is 0 Å². The van der Waals surface area contributed by atoms with Gasteiger partial charge in [-0.3, -0.25) is 0 Å². The van der Waals surface area contributed by atoms with Crippen LogP contribution in [0.3, 0.4) is 0 Å². The average molecular weight is 136 g/mol. The molecule has 0 saturated heterocycles. The Morgan fingerprint density at radius 3 is 2.40 bits per heavy atom. The standard InChI is InChI=1S/C10H16/c1-5-8-9(4)10(6-2)7-3/h5-6,8H,1,7H2,2-4H3/b9-8-,10-6-. The van der Waals surface area contributed by atoms with E-state index in [1.807, 2.05) is 12.2 Å². The smallest absolute Gasteiger partial charge is 0.0308 e. The predicted molar refractivity (Wildman–Crippen MR) is 48.0 cm³/mol. The average Bonchev–Trinajstić information content (AvgIpc) is 1.91. The van der Waals surface area contributed by atoms with E-state index in [4.69, 9.17) is 0 Å². The van der Waals surface area contributed by atoms with Gasteiger partial charge >= 0.3 is 0 Å². The first-order valence-electron chi connectivity index (χ1n) is 3.71.